The Bertz CT molecular complexity index is 901. The van der Waals surface area contributed by atoms with Crippen LogP contribution in [0.1, 0.15) is 22.3 Å². The Hall–Kier alpha value is -2.86. The minimum Gasteiger partial charge on any atom is -0.347 e. The molecule has 2 aliphatic heterocycles. The maximum absolute atomic E-state index is 12.9. The van der Waals surface area contributed by atoms with Gasteiger partial charge in [0.2, 0.25) is 11.8 Å². The lowest BCUT2D eigenvalue weighted by Gasteiger charge is -2.34. The normalized spacial score (nSPS) is 23.9. The fourth-order valence-electron chi connectivity index (χ4n) is 3.82. The Morgan fingerprint density at radius 1 is 1.11 bits per heavy atom. The van der Waals surface area contributed by atoms with E-state index in [-0.39, 0.29) is 23.8 Å². The minimum atomic E-state index is -0.572. The van der Waals surface area contributed by atoms with Gasteiger partial charge >= 0.3 is 0 Å². The molecule has 0 radical (unpaired) electrons. The zero-order chi connectivity index (χ0) is 19.7. The molecule has 7 heteroatoms. The van der Waals surface area contributed by atoms with E-state index < -0.39 is 12.1 Å². The molecule has 28 heavy (non-hydrogen) atoms. The predicted octanol–water partition coefficient (Wildman–Crippen LogP) is 1.78. The first-order chi connectivity index (χ1) is 13.5. The van der Waals surface area contributed by atoms with Crippen LogP contribution in [-0.4, -0.2) is 47.3 Å². The van der Waals surface area contributed by atoms with E-state index in [1.54, 1.807) is 29.2 Å². The van der Waals surface area contributed by atoms with E-state index in [1.807, 2.05) is 30.3 Å². The van der Waals surface area contributed by atoms with Gasteiger partial charge in [-0.05, 0) is 36.2 Å². The first-order valence-corrected chi connectivity index (χ1v) is 9.60. The van der Waals surface area contributed by atoms with Crippen molar-refractivity contribution in [3.63, 3.8) is 0 Å². The molecule has 3 atom stereocenters. The molecule has 0 aromatic heterocycles. The fraction of sp³-hybridized carbons (Fsp3) is 0.286. The van der Waals surface area contributed by atoms with Crippen LogP contribution in [0.4, 0.5) is 0 Å². The lowest BCUT2D eigenvalue weighted by molar-refractivity contribution is -0.147. The summed E-state index contributed by atoms with van der Waals surface area (Å²) in [6.45, 7) is 0.335. The molecule has 3 amide bonds. The number of hydrogen-bond donors (Lipinski definition) is 2. The third-order valence-corrected chi connectivity index (χ3v) is 5.48. The molecule has 0 spiro atoms. The predicted molar refractivity (Wildman–Crippen MR) is 105 cm³/mol. The van der Waals surface area contributed by atoms with Gasteiger partial charge in [0.15, 0.2) is 0 Å². The lowest BCUT2D eigenvalue weighted by Crippen LogP contribution is -2.61. The molecule has 0 unspecified atom stereocenters. The molecule has 6 nitrogen and oxygen atoms in total. The highest BCUT2D eigenvalue weighted by molar-refractivity contribution is 6.30. The number of carbonyl (C=O) groups excluding carboxylic acids is 3. The highest BCUT2D eigenvalue weighted by Crippen LogP contribution is 2.24. The van der Waals surface area contributed by atoms with E-state index in [1.165, 1.54) is 0 Å². The second-order valence-corrected chi connectivity index (χ2v) is 7.61. The maximum Gasteiger partial charge on any atom is 0.251 e. The molecule has 2 aliphatic rings. The van der Waals surface area contributed by atoms with Gasteiger partial charge in [-0.2, -0.15) is 0 Å². The highest BCUT2D eigenvalue weighted by Gasteiger charge is 2.46. The van der Waals surface area contributed by atoms with Crippen molar-refractivity contribution < 1.29 is 14.4 Å². The molecular weight excluding hydrogens is 378 g/mol. The second kappa shape index (κ2) is 7.64. The Morgan fingerprint density at radius 2 is 1.82 bits per heavy atom. The van der Waals surface area contributed by atoms with Gasteiger partial charge in [0.05, 0.1) is 0 Å². The van der Waals surface area contributed by atoms with Crippen LogP contribution in [0, 0.1) is 0 Å². The number of amides is 3. The third-order valence-electron chi connectivity index (χ3n) is 5.23. The average molecular weight is 398 g/mol. The van der Waals surface area contributed by atoms with Gasteiger partial charge in [0.1, 0.15) is 12.1 Å². The number of rotatable bonds is 4. The molecule has 2 saturated heterocycles. The summed E-state index contributed by atoms with van der Waals surface area (Å²) in [4.78, 5) is 39.4. The van der Waals surface area contributed by atoms with E-state index in [9.17, 15) is 14.4 Å². The summed E-state index contributed by atoms with van der Waals surface area (Å²) < 4.78 is 0. The van der Waals surface area contributed by atoms with E-state index in [0.717, 1.165) is 5.56 Å². The number of piperazine rings is 1. The van der Waals surface area contributed by atoms with Gasteiger partial charge in [0.25, 0.3) is 5.91 Å². The molecular formula is C21H20ClN3O3. The van der Waals surface area contributed by atoms with Gasteiger partial charge in [-0.3, -0.25) is 14.4 Å². The van der Waals surface area contributed by atoms with Gasteiger partial charge < -0.3 is 15.5 Å². The lowest BCUT2D eigenvalue weighted by atomic mass is 10.0. The number of carbonyl (C=O) groups is 3. The van der Waals surface area contributed by atoms with Crippen molar-refractivity contribution in [2.75, 3.05) is 6.54 Å². The standard InChI is InChI=1S/C21H20ClN3O3/c22-15-8-6-14(7-9-15)19(26)23-16-11-18-20(27)24-17(21(28)25(18)12-16)10-13-4-2-1-3-5-13/h1-9,16-18H,10-12H2,(H,23,26)(H,24,27)/t16-,17+,18-/m0/s1. The van der Waals surface area contributed by atoms with Crippen LogP contribution in [-0.2, 0) is 16.0 Å². The van der Waals surface area contributed by atoms with Crippen LogP contribution in [0.25, 0.3) is 0 Å². The van der Waals surface area contributed by atoms with Gasteiger partial charge in [-0.25, -0.2) is 0 Å². The summed E-state index contributed by atoms with van der Waals surface area (Å²) in [5, 5.41) is 6.32. The fourth-order valence-corrected chi connectivity index (χ4v) is 3.95. The number of nitrogens with one attached hydrogen (secondary N) is 2. The second-order valence-electron chi connectivity index (χ2n) is 7.17. The Balaban J connectivity index is 1.42. The van der Waals surface area contributed by atoms with Crippen molar-refractivity contribution in [2.45, 2.75) is 31.0 Å². The molecule has 144 valence electrons. The van der Waals surface area contributed by atoms with Crippen LogP contribution in [0.3, 0.4) is 0 Å². The number of benzene rings is 2. The van der Waals surface area contributed by atoms with Crippen LogP contribution >= 0.6 is 11.6 Å². The van der Waals surface area contributed by atoms with Crippen LogP contribution in [0.2, 0.25) is 5.02 Å². The SMILES string of the molecule is O=C(N[C@H]1C[C@H]2C(=O)N[C@H](Cc3ccccc3)C(=O)N2C1)c1ccc(Cl)cc1. The number of nitrogens with zero attached hydrogens (tertiary/aromatic N) is 1. The largest absolute Gasteiger partial charge is 0.347 e. The molecule has 2 aromatic rings. The first-order valence-electron chi connectivity index (χ1n) is 9.22. The number of fused-ring (bicyclic) bond motifs is 1. The van der Waals surface area contributed by atoms with Gasteiger partial charge in [-0.1, -0.05) is 41.9 Å². The number of halogens is 1. The van der Waals surface area contributed by atoms with E-state index in [0.29, 0.717) is 30.0 Å². The Kier molecular flexibility index (Phi) is 5.05. The summed E-state index contributed by atoms with van der Waals surface area (Å²) in [5.41, 5.74) is 1.48. The number of hydrogen-bond acceptors (Lipinski definition) is 3. The van der Waals surface area contributed by atoms with Crippen molar-refractivity contribution in [2.24, 2.45) is 0 Å². The van der Waals surface area contributed by atoms with E-state index in [4.69, 9.17) is 11.6 Å². The van der Waals surface area contributed by atoms with Crippen molar-refractivity contribution in [3.8, 4) is 0 Å². The molecule has 0 bridgehead atoms. The maximum atomic E-state index is 12.9. The Morgan fingerprint density at radius 3 is 2.54 bits per heavy atom. The van der Waals surface area contributed by atoms with Gasteiger partial charge in [-0.15, -0.1) is 0 Å². The smallest absolute Gasteiger partial charge is 0.251 e. The monoisotopic (exact) mass is 397 g/mol. The molecule has 4 rings (SSSR count). The van der Waals surface area contributed by atoms with Crippen LogP contribution < -0.4 is 10.6 Å². The van der Waals surface area contributed by atoms with Crippen molar-refractivity contribution in [3.05, 3.63) is 70.7 Å². The Labute approximate surface area is 167 Å². The summed E-state index contributed by atoms with van der Waals surface area (Å²) >= 11 is 5.85. The zero-order valence-corrected chi connectivity index (χ0v) is 15.9. The molecule has 2 fully saturated rings. The summed E-state index contributed by atoms with van der Waals surface area (Å²) in [7, 11) is 0. The average Bonchev–Trinajstić information content (AvgIpc) is 3.12. The summed E-state index contributed by atoms with van der Waals surface area (Å²) in [5.74, 6) is -0.504. The third kappa shape index (κ3) is 3.73. The van der Waals surface area contributed by atoms with E-state index >= 15 is 0 Å². The van der Waals surface area contributed by atoms with Crippen LogP contribution in [0.15, 0.2) is 54.6 Å². The molecule has 0 aliphatic carbocycles. The molecule has 0 saturated carbocycles. The minimum absolute atomic E-state index is 0.100. The molecule has 2 heterocycles. The van der Waals surface area contributed by atoms with Crippen LogP contribution in [0.5, 0.6) is 0 Å². The highest BCUT2D eigenvalue weighted by atomic mass is 35.5. The zero-order valence-electron chi connectivity index (χ0n) is 15.1. The van der Waals surface area contributed by atoms with E-state index in [2.05, 4.69) is 10.6 Å². The van der Waals surface area contributed by atoms with Gasteiger partial charge in [0, 0.05) is 29.6 Å². The van der Waals surface area contributed by atoms with Crippen molar-refractivity contribution >= 4 is 29.3 Å². The summed E-state index contributed by atoms with van der Waals surface area (Å²) in [6.07, 6.45) is 0.866. The summed E-state index contributed by atoms with van der Waals surface area (Å²) in [6, 6.07) is 14.8. The quantitative estimate of drug-likeness (QED) is 0.825. The van der Waals surface area contributed by atoms with Crippen molar-refractivity contribution in [1.29, 1.82) is 0 Å². The van der Waals surface area contributed by atoms with Crippen molar-refractivity contribution in [1.82, 2.24) is 15.5 Å². The molecule has 2 N–H and O–H groups in total. The molecule has 2 aromatic carbocycles. The topological polar surface area (TPSA) is 78.5 Å². The first kappa shape index (κ1) is 18.5.